The van der Waals surface area contributed by atoms with Crippen molar-refractivity contribution in [1.82, 2.24) is 15.1 Å². The number of ether oxygens (including phenoxy) is 1. The Morgan fingerprint density at radius 1 is 1.31 bits per heavy atom. The molecule has 3 rings (SSSR count). The van der Waals surface area contributed by atoms with E-state index in [1.165, 1.54) is 23.1 Å². The van der Waals surface area contributed by atoms with Gasteiger partial charge in [0.1, 0.15) is 5.01 Å². The van der Waals surface area contributed by atoms with Crippen LogP contribution in [-0.4, -0.2) is 58.2 Å². The molecule has 1 aromatic carbocycles. The molecule has 138 valence electrons. The Labute approximate surface area is 160 Å². The van der Waals surface area contributed by atoms with Crippen LogP contribution in [0.15, 0.2) is 35.3 Å². The molecule has 2 heterocycles. The standard InChI is InChI=1S/C17H21N5O2S2/c1-2-15-20-21-16(26-15)19-14(23)12-25-17(22-8-10-24-11-9-22)18-13-6-4-3-5-7-13/h3-7H,2,8-12H2,1H3,(H,19,21,23). The van der Waals surface area contributed by atoms with Crippen molar-refractivity contribution in [3.8, 4) is 0 Å². The first-order valence-corrected chi connectivity index (χ1v) is 10.3. The number of amides is 1. The number of aryl methyl sites for hydroxylation is 1. The van der Waals surface area contributed by atoms with E-state index in [4.69, 9.17) is 9.73 Å². The van der Waals surface area contributed by atoms with E-state index in [-0.39, 0.29) is 11.7 Å². The fourth-order valence-corrected chi connectivity index (χ4v) is 3.86. The molecule has 1 aliphatic heterocycles. The van der Waals surface area contributed by atoms with E-state index < -0.39 is 0 Å². The van der Waals surface area contributed by atoms with Crippen LogP contribution in [0.1, 0.15) is 11.9 Å². The Morgan fingerprint density at radius 2 is 2.08 bits per heavy atom. The van der Waals surface area contributed by atoms with Crippen molar-refractivity contribution in [1.29, 1.82) is 0 Å². The van der Waals surface area contributed by atoms with Crippen LogP contribution in [-0.2, 0) is 16.0 Å². The molecule has 0 atom stereocenters. The molecule has 1 saturated heterocycles. The van der Waals surface area contributed by atoms with Gasteiger partial charge in [-0.1, -0.05) is 48.2 Å². The molecule has 0 spiro atoms. The maximum atomic E-state index is 12.3. The number of benzene rings is 1. The minimum atomic E-state index is -0.108. The summed E-state index contributed by atoms with van der Waals surface area (Å²) in [6.07, 6.45) is 0.813. The van der Waals surface area contributed by atoms with Gasteiger partial charge in [0.05, 0.1) is 24.7 Å². The van der Waals surface area contributed by atoms with Crippen molar-refractivity contribution >= 4 is 45.0 Å². The summed E-state index contributed by atoms with van der Waals surface area (Å²) in [7, 11) is 0. The summed E-state index contributed by atoms with van der Waals surface area (Å²) in [4.78, 5) is 19.1. The molecule has 1 aliphatic rings. The Balaban J connectivity index is 1.63. The Kier molecular flexibility index (Phi) is 6.98. The number of nitrogens with one attached hydrogen (secondary N) is 1. The molecular formula is C17H21N5O2S2. The molecule has 2 aromatic rings. The number of aliphatic imine (C=N–C) groups is 1. The lowest BCUT2D eigenvalue weighted by Crippen LogP contribution is -2.39. The number of carbonyl (C=O) groups excluding carboxylic acids is 1. The lowest BCUT2D eigenvalue weighted by Gasteiger charge is -2.29. The third-order valence-electron chi connectivity index (χ3n) is 3.61. The number of para-hydroxylation sites is 1. The number of aromatic nitrogens is 2. The number of thioether (sulfide) groups is 1. The maximum absolute atomic E-state index is 12.3. The average molecular weight is 392 g/mol. The smallest absolute Gasteiger partial charge is 0.236 e. The summed E-state index contributed by atoms with van der Waals surface area (Å²) in [6, 6.07) is 9.77. The normalized spacial score (nSPS) is 15.1. The highest BCUT2D eigenvalue weighted by Crippen LogP contribution is 2.20. The predicted octanol–water partition coefficient (Wildman–Crippen LogP) is 2.79. The maximum Gasteiger partial charge on any atom is 0.236 e. The summed E-state index contributed by atoms with van der Waals surface area (Å²) in [5.74, 6) is 0.159. The third-order valence-corrected chi connectivity index (χ3v) is 5.61. The van der Waals surface area contributed by atoms with E-state index in [0.717, 1.165) is 35.4 Å². The Hall–Kier alpha value is -1.97. The van der Waals surface area contributed by atoms with Gasteiger partial charge in [0, 0.05) is 13.1 Å². The second kappa shape index (κ2) is 9.65. The highest BCUT2D eigenvalue weighted by molar-refractivity contribution is 8.14. The average Bonchev–Trinajstić information content (AvgIpc) is 3.14. The van der Waals surface area contributed by atoms with Gasteiger partial charge in [-0.15, -0.1) is 10.2 Å². The minimum Gasteiger partial charge on any atom is -0.378 e. The van der Waals surface area contributed by atoms with Crippen LogP contribution in [0.5, 0.6) is 0 Å². The first-order chi connectivity index (χ1) is 12.7. The molecule has 0 radical (unpaired) electrons. The van der Waals surface area contributed by atoms with Gasteiger partial charge in [0.15, 0.2) is 5.17 Å². The van der Waals surface area contributed by atoms with Gasteiger partial charge in [-0.05, 0) is 18.6 Å². The second-order valence-electron chi connectivity index (χ2n) is 5.52. The van der Waals surface area contributed by atoms with Gasteiger partial charge in [-0.3, -0.25) is 10.1 Å². The van der Waals surface area contributed by atoms with Gasteiger partial charge in [0.2, 0.25) is 11.0 Å². The van der Waals surface area contributed by atoms with Crippen LogP contribution in [0.25, 0.3) is 0 Å². The van der Waals surface area contributed by atoms with Crippen LogP contribution in [0.4, 0.5) is 10.8 Å². The van der Waals surface area contributed by atoms with Gasteiger partial charge in [0.25, 0.3) is 0 Å². The van der Waals surface area contributed by atoms with Crippen LogP contribution in [0.3, 0.4) is 0 Å². The van der Waals surface area contributed by atoms with Crippen LogP contribution >= 0.6 is 23.1 Å². The summed E-state index contributed by atoms with van der Waals surface area (Å²) in [6.45, 7) is 4.90. The van der Waals surface area contributed by atoms with E-state index >= 15 is 0 Å². The number of hydrogen-bond donors (Lipinski definition) is 1. The molecule has 1 fully saturated rings. The quantitative estimate of drug-likeness (QED) is 0.624. The molecule has 1 aromatic heterocycles. The molecule has 0 bridgehead atoms. The minimum absolute atomic E-state index is 0.108. The molecule has 0 aliphatic carbocycles. The van der Waals surface area contributed by atoms with E-state index in [1.54, 1.807) is 0 Å². The van der Waals surface area contributed by atoms with Gasteiger partial charge in [-0.2, -0.15) is 0 Å². The Bertz CT molecular complexity index is 745. The fourth-order valence-electron chi connectivity index (χ4n) is 2.29. The number of carbonyl (C=O) groups is 1. The van der Waals surface area contributed by atoms with Crippen molar-refractivity contribution < 1.29 is 9.53 Å². The number of morpholine rings is 1. The molecule has 0 unspecified atom stereocenters. The summed E-state index contributed by atoms with van der Waals surface area (Å²) in [5, 5.41) is 13.1. The Morgan fingerprint density at radius 3 is 2.77 bits per heavy atom. The topological polar surface area (TPSA) is 79.7 Å². The van der Waals surface area contributed by atoms with Gasteiger partial charge >= 0.3 is 0 Å². The third kappa shape index (κ3) is 5.52. The molecule has 7 nitrogen and oxygen atoms in total. The van der Waals surface area contributed by atoms with Crippen LogP contribution in [0.2, 0.25) is 0 Å². The number of anilines is 1. The molecule has 9 heteroatoms. The van der Waals surface area contributed by atoms with Crippen LogP contribution < -0.4 is 5.32 Å². The van der Waals surface area contributed by atoms with Crippen molar-refractivity contribution in [2.24, 2.45) is 4.99 Å². The zero-order valence-electron chi connectivity index (χ0n) is 14.6. The summed E-state index contributed by atoms with van der Waals surface area (Å²) < 4.78 is 5.42. The zero-order chi connectivity index (χ0) is 18.2. The van der Waals surface area contributed by atoms with E-state index in [0.29, 0.717) is 18.3 Å². The highest BCUT2D eigenvalue weighted by Gasteiger charge is 2.18. The molecule has 1 amide bonds. The zero-order valence-corrected chi connectivity index (χ0v) is 16.2. The van der Waals surface area contributed by atoms with Crippen molar-refractivity contribution in [2.45, 2.75) is 13.3 Å². The second-order valence-corrected chi connectivity index (χ2v) is 7.53. The van der Waals surface area contributed by atoms with Crippen molar-refractivity contribution in [2.75, 3.05) is 37.4 Å². The van der Waals surface area contributed by atoms with E-state index in [1.807, 2.05) is 37.3 Å². The largest absolute Gasteiger partial charge is 0.378 e. The highest BCUT2D eigenvalue weighted by atomic mass is 32.2. The van der Waals surface area contributed by atoms with Gasteiger partial charge < -0.3 is 9.64 Å². The lowest BCUT2D eigenvalue weighted by atomic mass is 10.3. The van der Waals surface area contributed by atoms with Crippen molar-refractivity contribution in [3.63, 3.8) is 0 Å². The molecule has 1 N–H and O–H groups in total. The summed E-state index contributed by atoms with van der Waals surface area (Å²) >= 11 is 2.83. The number of amidine groups is 1. The molecule has 0 saturated carbocycles. The lowest BCUT2D eigenvalue weighted by molar-refractivity contribution is -0.113. The monoisotopic (exact) mass is 391 g/mol. The first-order valence-electron chi connectivity index (χ1n) is 8.46. The van der Waals surface area contributed by atoms with Crippen LogP contribution in [0, 0.1) is 0 Å². The number of hydrogen-bond acceptors (Lipinski definition) is 7. The SMILES string of the molecule is CCc1nnc(NC(=O)CSC(=Nc2ccccc2)N2CCOCC2)s1. The number of nitrogens with zero attached hydrogens (tertiary/aromatic N) is 4. The van der Waals surface area contributed by atoms with E-state index in [9.17, 15) is 4.79 Å². The predicted molar refractivity (Wildman–Crippen MR) is 106 cm³/mol. The first kappa shape index (κ1) is 18.8. The van der Waals surface area contributed by atoms with Crippen molar-refractivity contribution in [3.05, 3.63) is 35.3 Å². The number of rotatable bonds is 5. The fraction of sp³-hybridized carbons (Fsp3) is 0.412. The summed E-state index contributed by atoms with van der Waals surface area (Å²) in [5.41, 5.74) is 0.874. The molecule has 26 heavy (non-hydrogen) atoms. The van der Waals surface area contributed by atoms with E-state index in [2.05, 4.69) is 20.4 Å². The van der Waals surface area contributed by atoms with Gasteiger partial charge in [-0.25, -0.2) is 4.99 Å². The molecular weight excluding hydrogens is 370 g/mol.